The van der Waals surface area contributed by atoms with Crippen molar-refractivity contribution in [2.75, 3.05) is 0 Å². The maximum absolute atomic E-state index is 12.5. The second kappa shape index (κ2) is 6.53. The summed E-state index contributed by atoms with van der Waals surface area (Å²) in [6, 6.07) is 5.60. The van der Waals surface area contributed by atoms with Crippen LogP contribution in [0.4, 0.5) is 0 Å². The Bertz CT molecular complexity index is 1120. The van der Waals surface area contributed by atoms with E-state index in [1.807, 2.05) is 42.8 Å². The van der Waals surface area contributed by atoms with Crippen molar-refractivity contribution in [3.63, 3.8) is 0 Å². The summed E-state index contributed by atoms with van der Waals surface area (Å²) in [5.74, 6) is -0.0257. The van der Waals surface area contributed by atoms with Crippen molar-refractivity contribution in [3.8, 4) is 0 Å². The molecule has 0 aliphatic heterocycles. The molecule has 1 amide bonds. The van der Waals surface area contributed by atoms with Crippen LogP contribution in [0, 0.1) is 0 Å². The summed E-state index contributed by atoms with van der Waals surface area (Å²) >= 11 is 3.43. The van der Waals surface area contributed by atoms with Crippen LogP contribution in [-0.4, -0.2) is 25.4 Å². The molecule has 4 aromatic heterocycles. The number of aromatic nitrogens is 4. The SMILES string of the molecule is CC(C)c1noc2ncc(C(=O)NCc3cn4cc(Br)ccc4n3)cc12. The van der Waals surface area contributed by atoms with E-state index in [2.05, 4.69) is 36.4 Å². The average Bonchev–Trinajstić information content (AvgIpc) is 3.22. The molecule has 26 heavy (non-hydrogen) atoms. The van der Waals surface area contributed by atoms with Gasteiger partial charge in [0.2, 0.25) is 0 Å². The van der Waals surface area contributed by atoms with Crippen molar-refractivity contribution in [2.24, 2.45) is 0 Å². The summed E-state index contributed by atoms with van der Waals surface area (Å²) < 4.78 is 8.08. The first-order valence-corrected chi connectivity index (χ1v) is 8.97. The van der Waals surface area contributed by atoms with E-state index in [4.69, 9.17) is 4.52 Å². The second-order valence-electron chi connectivity index (χ2n) is 6.33. The highest BCUT2D eigenvalue weighted by Gasteiger charge is 2.16. The fourth-order valence-electron chi connectivity index (χ4n) is 2.77. The Morgan fingerprint density at radius 3 is 3.00 bits per heavy atom. The minimum absolute atomic E-state index is 0.189. The molecule has 0 bridgehead atoms. The second-order valence-corrected chi connectivity index (χ2v) is 7.24. The Morgan fingerprint density at radius 2 is 2.19 bits per heavy atom. The number of imidazole rings is 1. The Labute approximate surface area is 157 Å². The molecule has 7 nitrogen and oxygen atoms in total. The fourth-order valence-corrected chi connectivity index (χ4v) is 3.12. The van der Waals surface area contributed by atoms with Crippen LogP contribution in [0.25, 0.3) is 16.7 Å². The number of carbonyl (C=O) groups excluding carboxylic acids is 1. The zero-order valence-corrected chi connectivity index (χ0v) is 15.8. The van der Waals surface area contributed by atoms with Crippen LogP contribution in [0.1, 0.15) is 41.5 Å². The highest BCUT2D eigenvalue weighted by molar-refractivity contribution is 9.10. The molecule has 0 aromatic carbocycles. The minimum Gasteiger partial charge on any atom is -0.346 e. The van der Waals surface area contributed by atoms with Gasteiger partial charge in [-0.05, 0) is 40.0 Å². The molecule has 4 rings (SSSR count). The number of fused-ring (bicyclic) bond motifs is 2. The number of carbonyl (C=O) groups is 1. The van der Waals surface area contributed by atoms with Gasteiger partial charge < -0.3 is 14.2 Å². The smallest absolute Gasteiger partial charge is 0.257 e. The van der Waals surface area contributed by atoms with Crippen LogP contribution in [0.3, 0.4) is 0 Å². The third-order valence-corrected chi connectivity index (χ3v) is 4.53. The molecule has 0 saturated carbocycles. The zero-order valence-electron chi connectivity index (χ0n) is 14.2. The first kappa shape index (κ1) is 16.7. The summed E-state index contributed by atoms with van der Waals surface area (Å²) in [5.41, 5.74) is 3.31. The molecule has 0 saturated heterocycles. The van der Waals surface area contributed by atoms with Gasteiger partial charge in [0.25, 0.3) is 11.6 Å². The molecule has 0 aliphatic carbocycles. The van der Waals surface area contributed by atoms with Crippen molar-refractivity contribution >= 4 is 38.6 Å². The maximum Gasteiger partial charge on any atom is 0.257 e. The summed E-state index contributed by atoms with van der Waals surface area (Å²) in [6.07, 6.45) is 5.30. The molecule has 0 spiro atoms. The standard InChI is InChI=1S/C18H16BrN5O2/c1-10(2)16-14-5-11(6-21-18(14)26-23-16)17(25)20-7-13-9-24-8-12(19)3-4-15(24)22-13/h3-6,8-10H,7H2,1-2H3,(H,20,25). The number of pyridine rings is 2. The van der Waals surface area contributed by atoms with Gasteiger partial charge >= 0.3 is 0 Å². The Hall–Kier alpha value is -2.74. The van der Waals surface area contributed by atoms with E-state index in [1.165, 1.54) is 6.20 Å². The van der Waals surface area contributed by atoms with Gasteiger partial charge in [-0.3, -0.25) is 4.79 Å². The first-order valence-electron chi connectivity index (χ1n) is 8.18. The largest absolute Gasteiger partial charge is 0.346 e. The summed E-state index contributed by atoms with van der Waals surface area (Å²) in [7, 11) is 0. The van der Waals surface area contributed by atoms with Crippen molar-refractivity contribution < 1.29 is 9.32 Å². The monoisotopic (exact) mass is 413 g/mol. The van der Waals surface area contributed by atoms with Crippen LogP contribution in [0.15, 0.2) is 45.8 Å². The summed E-state index contributed by atoms with van der Waals surface area (Å²) in [6.45, 7) is 4.37. The Kier molecular flexibility index (Phi) is 4.20. The lowest BCUT2D eigenvalue weighted by Gasteiger charge is -2.03. The number of hydrogen-bond acceptors (Lipinski definition) is 5. The maximum atomic E-state index is 12.5. The van der Waals surface area contributed by atoms with Gasteiger partial charge in [0.15, 0.2) is 0 Å². The van der Waals surface area contributed by atoms with Crippen molar-refractivity contribution in [1.82, 2.24) is 24.8 Å². The van der Waals surface area contributed by atoms with Crippen molar-refractivity contribution in [3.05, 3.63) is 58.2 Å². The van der Waals surface area contributed by atoms with Gasteiger partial charge in [0.05, 0.1) is 28.9 Å². The molecule has 1 N–H and O–H groups in total. The van der Waals surface area contributed by atoms with E-state index in [-0.39, 0.29) is 11.8 Å². The lowest BCUT2D eigenvalue weighted by Crippen LogP contribution is -2.23. The van der Waals surface area contributed by atoms with E-state index in [0.29, 0.717) is 17.8 Å². The lowest BCUT2D eigenvalue weighted by molar-refractivity contribution is 0.0950. The Morgan fingerprint density at radius 1 is 1.35 bits per heavy atom. The van der Waals surface area contributed by atoms with Crippen LogP contribution in [0.5, 0.6) is 0 Å². The molecule has 4 heterocycles. The van der Waals surface area contributed by atoms with Gasteiger partial charge in [-0.2, -0.15) is 0 Å². The number of hydrogen-bond donors (Lipinski definition) is 1. The molecule has 4 aromatic rings. The van der Waals surface area contributed by atoms with E-state index >= 15 is 0 Å². The first-order chi connectivity index (χ1) is 12.5. The van der Waals surface area contributed by atoms with Gasteiger partial charge in [0.1, 0.15) is 5.65 Å². The molecular formula is C18H16BrN5O2. The molecule has 0 radical (unpaired) electrons. The molecule has 0 aliphatic rings. The molecular weight excluding hydrogens is 398 g/mol. The van der Waals surface area contributed by atoms with Crippen LogP contribution in [0.2, 0.25) is 0 Å². The lowest BCUT2D eigenvalue weighted by atomic mass is 10.1. The topological polar surface area (TPSA) is 85.3 Å². The average molecular weight is 414 g/mol. The van der Waals surface area contributed by atoms with E-state index in [0.717, 1.165) is 26.9 Å². The quantitative estimate of drug-likeness (QED) is 0.551. The highest BCUT2D eigenvalue weighted by Crippen LogP contribution is 2.24. The zero-order chi connectivity index (χ0) is 18.3. The molecule has 0 fully saturated rings. The third kappa shape index (κ3) is 3.08. The minimum atomic E-state index is -0.214. The predicted molar refractivity (Wildman–Crippen MR) is 100.0 cm³/mol. The highest BCUT2D eigenvalue weighted by atomic mass is 79.9. The summed E-state index contributed by atoms with van der Waals surface area (Å²) in [4.78, 5) is 21.2. The number of rotatable bonds is 4. The molecule has 0 unspecified atom stereocenters. The molecule has 132 valence electrons. The fraction of sp³-hybridized carbons (Fsp3) is 0.222. The van der Waals surface area contributed by atoms with E-state index in [1.54, 1.807) is 6.07 Å². The summed E-state index contributed by atoms with van der Waals surface area (Å²) in [5, 5.41) is 7.68. The Balaban J connectivity index is 1.53. The van der Waals surface area contributed by atoms with Crippen molar-refractivity contribution in [2.45, 2.75) is 26.3 Å². The van der Waals surface area contributed by atoms with Gasteiger partial charge in [-0.15, -0.1) is 0 Å². The predicted octanol–water partition coefficient (Wildman–Crippen LogP) is 3.69. The number of halogens is 1. The number of nitrogens with zero attached hydrogens (tertiary/aromatic N) is 4. The third-order valence-electron chi connectivity index (χ3n) is 4.06. The number of nitrogens with one attached hydrogen (secondary N) is 1. The van der Waals surface area contributed by atoms with Gasteiger partial charge in [0, 0.05) is 23.1 Å². The van der Waals surface area contributed by atoms with Crippen LogP contribution >= 0.6 is 15.9 Å². The molecule has 8 heteroatoms. The van der Waals surface area contributed by atoms with Crippen LogP contribution < -0.4 is 5.32 Å². The van der Waals surface area contributed by atoms with Crippen LogP contribution in [-0.2, 0) is 6.54 Å². The van der Waals surface area contributed by atoms with E-state index in [9.17, 15) is 4.79 Å². The number of amides is 1. The normalized spacial score (nSPS) is 11.5. The van der Waals surface area contributed by atoms with Gasteiger partial charge in [-0.25, -0.2) is 9.97 Å². The van der Waals surface area contributed by atoms with E-state index < -0.39 is 0 Å². The van der Waals surface area contributed by atoms with Crippen molar-refractivity contribution in [1.29, 1.82) is 0 Å². The van der Waals surface area contributed by atoms with Gasteiger partial charge in [-0.1, -0.05) is 19.0 Å². The molecule has 0 atom stereocenters.